The lowest BCUT2D eigenvalue weighted by Crippen LogP contribution is -2.07. The third kappa shape index (κ3) is 4.92. The largest absolute Gasteiger partial charge is 0.486 e. The molecule has 4 aromatic rings. The van der Waals surface area contributed by atoms with Gasteiger partial charge in [-0.2, -0.15) is 9.78 Å². The molecule has 0 radical (unpaired) electrons. The molecule has 0 atom stereocenters. The Morgan fingerprint density at radius 3 is 2.50 bits per heavy atom. The Morgan fingerprint density at radius 2 is 1.72 bits per heavy atom. The summed E-state index contributed by atoms with van der Waals surface area (Å²) < 4.78 is 27.1. The Balaban J connectivity index is 1.45. The van der Waals surface area contributed by atoms with Crippen LogP contribution >= 0.6 is 0 Å². The molecule has 2 aromatic carbocycles. The fourth-order valence-corrected chi connectivity index (χ4v) is 2.99. The van der Waals surface area contributed by atoms with Crippen LogP contribution in [0.15, 0.2) is 73.1 Å². The molecule has 0 aliphatic rings. The number of aryl methyl sites for hydroxylation is 1. The average molecular weight is 433 g/mol. The normalized spacial score (nSPS) is 10.7. The van der Waals surface area contributed by atoms with E-state index in [-0.39, 0.29) is 24.5 Å². The fraction of sp³-hybridized carbons (Fsp3) is 0.125. The third-order valence-corrected chi connectivity index (χ3v) is 4.71. The lowest BCUT2D eigenvalue weighted by Gasteiger charge is -2.11. The summed E-state index contributed by atoms with van der Waals surface area (Å²) >= 11 is 0. The van der Waals surface area contributed by atoms with Gasteiger partial charge in [-0.05, 0) is 42.3 Å². The van der Waals surface area contributed by atoms with Gasteiger partial charge in [0.05, 0.1) is 11.8 Å². The molecule has 2 aromatic heterocycles. The van der Waals surface area contributed by atoms with Crippen molar-refractivity contribution in [3.8, 4) is 17.4 Å². The zero-order valence-corrected chi connectivity index (χ0v) is 17.2. The van der Waals surface area contributed by atoms with Crippen molar-refractivity contribution in [2.45, 2.75) is 20.1 Å². The van der Waals surface area contributed by atoms with Gasteiger partial charge >= 0.3 is 5.97 Å². The van der Waals surface area contributed by atoms with Crippen molar-refractivity contribution in [1.29, 1.82) is 0 Å². The second-order valence-corrected chi connectivity index (χ2v) is 7.12. The highest BCUT2D eigenvalue weighted by molar-refractivity contribution is 5.87. The maximum Gasteiger partial charge on any atom is 0.335 e. The van der Waals surface area contributed by atoms with Gasteiger partial charge in [-0.15, -0.1) is 0 Å². The molecule has 32 heavy (non-hydrogen) atoms. The molecule has 0 aliphatic carbocycles. The third-order valence-electron chi connectivity index (χ3n) is 4.71. The number of benzene rings is 2. The van der Waals surface area contributed by atoms with Gasteiger partial charge < -0.3 is 14.6 Å². The van der Waals surface area contributed by atoms with E-state index in [0.717, 1.165) is 11.1 Å². The van der Waals surface area contributed by atoms with Crippen LogP contribution in [0.2, 0.25) is 0 Å². The zero-order chi connectivity index (χ0) is 22.5. The van der Waals surface area contributed by atoms with E-state index in [1.807, 2.05) is 31.2 Å². The van der Waals surface area contributed by atoms with Crippen LogP contribution < -0.4 is 9.47 Å². The Morgan fingerprint density at radius 1 is 0.969 bits per heavy atom. The van der Waals surface area contributed by atoms with E-state index < -0.39 is 11.8 Å². The molecule has 0 bridgehead atoms. The Hall–Kier alpha value is -4.20. The molecule has 8 heteroatoms. The first-order valence-corrected chi connectivity index (χ1v) is 9.83. The number of ether oxygens (including phenoxy) is 2. The van der Waals surface area contributed by atoms with E-state index in [4.69, 9.17) is 9.47 Å². The van der Waals surface area contributed by atoms with Crippen molar-refractivity contribution >= 4 is 5.97 Å². The van der Waals surface area contributed by atoms with E-state index in [0.29, 0.717) is 17.3 Å². The number of aromatic carboxylic acids is 1. The van der Waals surface area contributed by atoms with Gasteiger partial charge in [0.2, 0.25) is 5.88 Å². The van der Waals surface area contributed by atoms with Crippen molar-refractivity contribution in [3.63, 3.8) is 0 Å². The first-order valence-electron chi connectivity index (χ1n) is 9.83. The number of carboxylic acids is 1. The quantitative estimate of drug-likeness (QED) is 0.438. The van der Waals surface area contributed by atoms with Crippen molar-refractivity contribution in [2.75, 3.05) is 0 Å². The highest BCUT2D eigenvalue weighted by Crippen LogP contribution is 2.23. The molecule has 4 rings (SSSR count). The number of pyridine rings is 1. The van der Waals surface area contributed by atoms with Gasteiger partial charge in [0, 0.05) is 12.3 Å². The van der Waals surface area contributed by atoms with Crippen LogP contribution in [-0.4, -0.2) is 25.8 Å². The van der Waals surface area contributed by atoms with Crippen molar-refractivity contribution in [3.05, 3.63) is 101 Å². The van der Waals surface area contributed by atoms with Crippen LogP contribution in [-0.2, 0) is 13.2 Å². The van der Waals surface area contributed by atoms with Crippen LogP contribution in [0.3, 0.4) is 0 Å². The van der Waals surface area contributed by atoms with Crippen LogP contribution in [0, 0.1) is 12.7 Å². The minimum Gasteiger partial charge on any atom is -0.486 e. The first kappa shape index (κ1) is 21.0. The summed E-state index contributed by atoms with van der Waals surface area (Å²) in [5, 5.41) is 13.3. The van der Waals surface area contributed by atoms with Gasteiger partial charge in [-0.25, -0.2) is 14.2 Å². The molecular formula is C24H20FN3O4. The Kier molecular flexibility index (Phi) is 6.12. The molecule has 0 aliphatic heterocycles. The Bertz CT molecular complexity index is 1240. The van der Waals surface area contributed by atoms with Crippen LogP contribution in [0.4, 0.5) is 4.39 Å². The second kappa shape index (κ2) is 9.30. The van der Waals surface area contributed by atoms with Gasteiger partial charge in [0.1, 0.15) is 13.2 Å². The number of nitrogens with zero attached hydrogens (tertiary/aromatic N) is 3. The molecular weight excluding hydrogens is 413 g/mol. The molecule has 0 spiro atoms. The summed E-state index contributed by atoms with van der Waals surface area (Å²) in [6.45, 7) is 2.38. The number of carbonyl (C=O) groups is 1. The van der Waals surface area contributed by atoms with E-state index >= 15 is 0 Å². The van der Waals surface area contributed by atoms with E-state index in [1.165, 1.54) is 35.3 Å². The minimum atomic E-state index is -1.06. The maximum absolute atomic E-state index is 14.2. The molecule has 1 N–H and O–H groups in total. The van der Waals surface area contributed by atoms with Gasteiger partial charge in [0.15, 0.2) is 17.4 Å². The fourth-order valence-electron chi connectivity index (χ4n) is 2.99. The summed E-state index contributed by atoms with van der Waals surface area (Å²) in [5.74, 6) is -0.707. The Labute approximate surface area is 183 Å². The summed E-state index contributed by atoms with van der Waals surface area (Å²) in [6, 6.07) is 16.8. The second-order valence-electron chi connectivity index (χ2n) is 7.12. The van der Waals surface area contributed by atoms with Gasteiger partial charge in [-0.3, -0.25) is 0 Å². The number of aromatic nitrogens is 3. The summed E-state index contributed by atoms with van der Waals surface area (Å²) in [4.78, 5) is 15.4. The first-order chi connectivity index (χ1) is 15.5. The number of carboxylic acid groups (broad SMARTS) is 1. The zero-order valence-electron chi connectivity index (χ0n) is 17.2. The van der Waals surface area contributed by atoms with E-state index in [2.05, 4.69) is 10.1 Å². The van der Waals surface area contributed by atoms with Gasteiger partial charge in [0.25, 0.3) is 0 Å². The lowest BCUT2D eigenvalue weighted by molar-refractivity contribution is 0.0696. The standard InChI is InChI=1S/C24H20FN3O4/c1-16-2-4-17(5-3-16)14-31-21-12-18(6-7-20(21)25)15-32-23-9-11-27-28(23)22-13-19(24(29)30)8-10-26-22/h2-13H,14-15H2,1H3,(H,29,30). The molecule has 7 nitrogen and oxygen atoms in total. The number of rotatable bonds is 8. The molecule has 0 unspecified atom stereocenters. The van der Waals surface area contributed by atoms with Crippen molar-refractivity contribution in [2.24, 2.45) is 0 Å². The van der Waals surface area contributed by atoms with Crippen LogP contribution in [0.25, 0.3) is 5.82 Å². The highest BCUT2D eigenvalue weighted by Gasteiger charge is 2.12. The average Bonchev–Trinajstić information content (AvgIpc) is 3.27. The number of halogens is 1. The minimum absolute atomic E-state index is 0.0883. The van der Waals surface area contributed by atoms with E-state index in [9.17, 15) is 14.3 Å². The molecule has 162 valence electrons. The maximum atomic E-state index is 14.2. The number of hydrogen-bond donors (Lipinski definition) is 1. The molecule has 0 saturated heterocycles. The molecule has 0 amide bonds. The number of hydrogen-bond acceptors (Lipinski definition) is 5. The van der Waals surface area contributed by atoms with Crippen LogP contribution in [0.1, 0.15) is 27.0 Å². The summed E-state index contributed by atoms with van der Waals surface area (Å²) in [7, 11) is 0. The van der Waals surface area contributed by atoms with Crippen molar-refractivity contribution in [1.82, 2.24) is 14.8 Å². The smallest absolute Gasteiger partial charge is 0.335 e. The molecule has 0 saturated carbocycles. The molecule has 2 heterocycles. The SMILES string of the molecule is Cc1ccc(COc2cc(COc3ccnn3-c3cc(C(=O)O)ccn3)ccc2F)cc1. The lowest BCUT2D eigenvalue weighted by atomic mass is 10.2. The molecule has 0 fully saturated rings. The predicted molar refractivity (Wildman–Crippen MR) is 115 cm³/mol. The summed E-state index contributed by atoms with van der Waals surface area (Å²) in [6.07, 6.45) is 2.91. The highest BCUT2D eigenvalue weighted by atomic mass is 19.1. The van der Waals surface area contributed by atoms with E-state index in [1.54, 1.807) is 18.2 Å². The van der Waals surface area contributed by atoms with Crippen molar-refractivity contribution < 1.29 is 23.8 Å². The topological polar surface area (TPSA) is 86.5 Å². The monoisotopic (exact) mass is 433 g/mol. The summed E-state index contributed by atoms with van der Waals surface area (Å²) in [5.41, 5.74) is 2.87. The van der Waals surface area contributed by atoms with Crippen LogP contribution in [0.5, 0.6) is 11.6 Å². The predicted octanol–water partition coefficient (Wildman–Crippen LogP) is 4.57. The van der Waals surface area contributed by atoms with Gasteiger partial charge in [-0.1, -0.05) is 35.9 Å².